The summed E-state index contributed by atoms with van der Waals surface area (Å²) in [6.07, 6.45) is 0. The van der Waals surface area contributed by atoms with Gasteiger partial charge in [-0.25, -0.2) is 14.2 Å². The van der Waals surface area contributed by atoms with Gasteiger partial charge in [0.15, 0.2) is 11.6 Å². The summed E-state index contributed by atoms with van der Waals surface area (Å²) >= 11 is 0. The number of urea groups is 1. The van der Waals surface area contributed by atoms with Gasteiger partial charge in [-0.1, -0.05) is 30.3 Å². The lowest BCUT2D eigenvalue weighted by atomic mass is 10.2. The second-order valence-electron chi connectivity index (χ2n) is 6.36. The van der Waals surface area contributed by atoms with Gasteiger partial charge in [-0.3, -0.25) is 0 Å². The molecule has 3 aromatic rings. The van der Waals surface area contributed by atoms with E-state index < -0.39 is 5.82 Å². The van der Waals surface area contributed by atoms with Crippen molar-refractivity contribution in [2.45, 2.75) is 13.0 Å². The number of ether oxygens (including phenoxy) is 1. The van der Waals surface area contributed by atoms with Gasteiger partial charge in [-0.05, 0) is 37.3 Å². The molecular formula is C21H23FN4O2. The fraction of sp³-hybridized carbons (Fsp3) is 0.238. The average Bonchev–Trinajstić information content (AvgIpc) is 2.70. The molecule has 2 amide bonds. The molecular weight excluding hydrogens is 359 g/mol. The molecule has 3 rings (SSSR count). The van der Waals surface area contributed by atoms with E-state index in [1.54, 1.807) is 25.1 Å². The van der Waals surface area contributed by atoms with Crippen LogP contribution in [0.4, 0.5) is 15.0 Å². The first-order valence-electron chi connectivity index (χ1n) is 9.13. The van der Waals surface area contributed by atoms with Gasteiger partial charge in [0, 0.05) is 18.5 Å². The molecule has 0 spiro atoms. The van der Waals surface area contributed by atoms with Crippen molar-refractivity contribution in [2.75, 3.05) is 25.0 Å². The molecule has 0 aliphatic heterocycles. The van der Waals surface area contributed by atoms with Gasteiger partial charge in [0.1, 0.15) is 12.4 Å². The monoisotopic (exact) mass is 382 g/mol. The van der Waals surface area contributed by atoms with Crippen molar-refractivity contribution in [1.29, 1.82) is 0 Å². The maximum atomic E-state index is 13.5. The Balaban J connectivity index is 1.35. The van der Waals surface area contributed by atoms with Crippen molar-refractivity contribution in [3.63, 3.8) is 0 Å². The van der Waals surface area contributed by atoms with E-state index in [0.717, 1.165) is 16.7 Å². The molecule has 0 aliphatic carbocycles. The summed E-state index contributed by atoms with van der Waals surface area (Å²) < 4.78 is 18.9. The summed E-state index contributed by atoms with van der Waals surface area (Å²) in [6, 6.07) is 17.4. The minimum Gasteiger partial charge on any atom is -0.488 e. The maximum absolute atomic E-state index is 13.5. The van der Waals surface area contributed by atoms with Crippen LogP contribution in [0, 0.1) is 5.82 Å². The van der Waals surface area contributed by atoms with Crippen LogP contribution >= 0.6 is 0 Å². The van der Waals surface area contributed by atoms with Crippen LogP contribution in [0.1, 0.15) is 6.92 Å². The number of anilines is 1. The Bertz CT molecular complexity index is 935. The van der Waals surface area contributed by atoms with Crippen molar-refractivity contribution in [3.05, 3.63) is 66.5 Å². The number of para-hydroxylation sites is 2. The highest BCUT2D eigenvalue weighted by atomic mass is 19.1. The molecule has 1 aromatic heterocycles. The summed E-state index contributed by atoms with van der Waals surface area (Å²) in [5.74, 6) is 0.503. The smallest absolute Gasteiger partial charge is 0.315 e. The summed E-state index contributed by atoms with van der Waals surface area (Å²) in [7, 11) is 0. The molecule has 0 saturated heterocycles. The molecule has 1 atom stereocenters. The zero-order chi connectivity index (χ0) is 19.8. The molecule has 0 saturated carbocycles. The Morgan fingerprint density at radius 3 is 2.71 bits per heavy atom. The lowest BCUT2D eigenvalue weighted by molar-refractivity contribution is 0.225. The van der Waals surface area contributed by atoms with Crippen LogP contribution in [-0.4, -0.2) is 36.8 Å². The highest BCUT2D eigenvalue weighted by molar-refractivity contribution is 5.80. The zero-order valence-corrected chi connectivity index (χ0v) is 15.6. The standard InChI is InChI=1S/C21H23FN4O2/c1-15(14-28-19-9-5-3-7-17(19)22)25-21(27)24-13-12-23-20-11-10-16-6-2-4-8-18(16)26-20/h2-11,15H,12-14H2,1H3,(H,23,26)(H2,24,25,27). The third kappa shape index (κ3) is 5.57. The lowest BCUT2D eigenvalue weighted by Gasteiger charge is -2.16. The summed E-state index contributed by atoms with van der Waals surface area (Å²) in [5.41, 5.74) is 0.918. The number of benzene rings is 2. The van der Waals surface area contributed by atoms with E-state index in [1.165, 1.54) is 6.07 Å². The van der Waals surface area contributed by atoms with Crippen LogP contribution < -0.4 is 20.7 Å². The van der Waals surface area contributed by atoms with Gasteiger partial charge in [-0.2, -0.15) is 0 Å². The quantitative estimate of drug-likeness (QED) is 0.521. The number of nitrogens with zero attached hydrogens (tertiary/aromatic N) is 1. The van der Waals surface area contributed by atoms with Gasteiger partial charge >= 0.3 is 6.03 Å². The lowest BCUT2D eigenvalue weighted by Crippen LogP contribution is -2.44. The molecule has 1 unspecified atom stereocenters. The van der Waals surface area contributed by atoms with Crippen molar-refractivity contribution in [3.8, 4) is 5.75 Å². The van der Waals surface area contributed by atoms with Crippen LogP contribution in [0.5, 0.6) is 5.75 Å². The second kappa shape index (κ2) is 9.55. The van der Waals surface area contributed by atoms with Gasteiger partial charge in [-0.15, -0.1) is 0 Å². The van der Waals surface area contributed by atoms with Gasteiger partial charge in [0.25, 0.3) is 0 Å². The van der Waals surface area contributed by atoms with Crippen molar-refractivity contribution < 1.29 is 13.9 Å². The summed E-state index contributed by atoms with van der Waals surface area (Å²) in [5, 5.41) is 9.77. The van der Waals surface area contributed by atoms with Gasteiger partial charge < -0.3 is 20.7 Å². The number of pyridine rings is 1. The van der Waals surface area contributed by atoms with Crippen LogP contribution in [0.15, 0.2) is 60.7 Å². The largest absolute Gasteiger partial charge is 0.488 e. The molecule has 0 fully saturated rings. The number of hydrogen-bond acceptors (Lipinski definition) is 4. The average molecular weight is 382 g/mol. The molecule has 1 heterocycles. The van der Waals surface area contributed by atoms with Crippen LogP contribution in [0.25, 0.3) is 10.9 Å². The van der Waals surface area contributed by atoms with E-state index in [2.05, 4.69) is 20.9 Å². The second-order valence-corrected chi connectivity index (χ2v) is 6.36. The fourth-order valence-electron chi connectivity index (χ4n) is 2.62. The Morgan fingerprint density at radius 1 is 1.07 bits per heavy atom. The SMILES string of the molecule is CC(COc1ccccc1F)NC(=O)NCCNc1ccc2ccccc2n1. The van der Waals surface area contributed by atoms with E-state index in [0.29, 0.717) is 13.1 Å². The van der Waals surface area contributed by atoms with Crippen molar-refractivity contribution >= 4 is 22.8 Å². The normalized spacial score (nSPS) is 11.6. The third-order valence-electron chi connectivity index (χ3n) is 4.02. The first-order valence-corrected chi connectivity index (χ1v) is 9.13. The van der Waals surface area contributed by atoms with E-state index in [-0.39, 0.29) is 24.4 Å². The fourth-order valence-corrected chi connectivity index (χ4v) is 2.62. The first kappa shape index (κ1) is 19.4. The highest BCUT2D eigenvalue weighted by Gasteiger charge is 2.09. The van der Waals surface area contributed by atoms with Crippen LogP contribution in [0.2, 0.25) is 0 Å². The molecule has 7 heteroatoms. The number of carbonyl (C=O) groups excluding carboxylic acids is 1. The maximum Gasteiger partial charge on any atom is 0.315 e. The molecule has 6 nitrogen and oxygen atoms in total. The number of rotatable bonds is 8. The van der Waals surface area contributed by atoms with E-state index >= 15 is 0 Å². The number of aromatic nitrogens is 1. The minimum absolute atomic E-state index is 0.170. The van der Waals surface area contributed by atoms with Gasteiger partial charge in [0.05, 0.1) is 11.6 Å². The van der Waals surface area contributed by atoms with Gasteiger partial charge in [0.2, 0.25) is 0 Å². The first-order chi connectivity index (χ1) is 13.6. The Labute approximate surface area is 163 Å². The Morgan fingerprint density at radius 2 is 1.86 bits per heavy atom. The van der Waals surface area contributed by atoms with E-state index in [1.807, 2.05) is 36.4 Å². The predicted molar refractivity (Wildman–Crippen MR) is 108 cm³/mol. The number of amides is 2. The molecule has 0 bridgehead atoms. The topological polar surface area (TPSA) is 75.3 Å². The summed E-state index contributed by atoms with van der Waals surface area (Å²) in [6.45, 7) is 2.94. The van der Waals surface area contributed by atoms with E-state index in [9.17, 15) is 9.18 Å². The molecule has 2 aromatic carbocycles. The van der Waals surface area contributed by atoms with Crippen LogP contribution in [-0.2, 0) is 0 Å². The Hall–Kier alpha value is -3.35. The third-order valence-corrected chi connectivity index (χ3v) is 4.02. The highest BCUT2D eigenvalue weighted by Crippen LogP contribution is 2.15. The molecule has 0 aliphatic rings. The predicted octanol–water partition coefficient (Wildman–Crippen LogP) is 3.55. The number of fused-ring (bicyclic) bond motifs is 1. The number of nitrogens with one attached hydrogen (secondary N) is 3. The van der Waals surface area contributed by atoms with Crippen molar-refractivity contribution in [1.82, 2.24) is 15.6 Å². The molecule has 28 heavy (non-hydrogen) atoms. The number of carbonyl (C=O) groups is 1. The molecule has 146 valence electrons. The Kier molecular flexibility index (Phi) is 6.62. The van der Waals surface area contributed by atoms with Crippen LogP contribution in [0.3, 0.4) is 0 Å². The number of halogens is 1. The van der Waals surface area contributed by atoms with Crippen molar-refractivity contribution in [2.24, 2.45) is 0 Å². The van der Waals surface area contributed by atoms with E-state index in [4.69, 9.17) is 4.74 Å². The summed E-state index contributed by atoms with van der Waals surface area (Å²) in [4.78, 5) is 16.4. The number of hydrogen-bond donors (Lipinski definition) is 3. The zero-order valence-electron chi connectivity index (χ0n) is 15.6. The molecule has 0 radical (unpaired) electrons. The molecule has 3 N–H and O–H groups in total. The minimum atomic E-state index is -0.424.